The number of aromatic nitrogens is 1. The van der Waals surface area contributed by atoms with Gasteiger partial charge in [0.15, 0.2) is 5.49 Å². The Balaban J connectivity index is 1.48. The third-order valence-corrected chi connectivity index (χ3v) is 8.01. The van der Waals surface area contributed by atoms with E-state index < -0.39 is 23.4 Å². The van der Waals surface area contributed by atoms with Gasteiger partial charge in [0.2, 0.25) is 0 Å². The minimum Gasteiger partial charge on any atom is -0.478 e. The van der Waals surface area contributed by atoms with Crippen LogP contribution in [0.3, 0.4) is 0 Å². The van der Waals surface area contributed by atoms with Crippen LogP contribution in [0.1, 0.15) is 54.7 Å². The highest BCUT2D eigenvalue weighted by Gasteiger charge is 2.31. The standard InChI is InChI=1S/C34H28N4O6/c1-3-36-18-17-24-19-21(7-16-28(24)36)5-4-6-27-20(2)29-30(37(31(27)39)25-12-8-22(9-13-25)33(41)42)35-38(32(29)40)26-14-10-23(11-15-26)34(43)44/h4-16,19H,3,17-18H2,1-2H3,(H,41,42)(H,43,44)/b5-4?,27-6-. The van der Waals surface area contributed by atoms with Gasteiger partial charge in [-0.2, -0.15) is 5.01 Å². The third-order valence-electron chi connectivity index (χ3n) is 8.01. The van der Waals surface area contributed by atoms with Gasteiger partial charge in [-0.05, 0) is 104 Å². The molecule has 0 atom stereocenters. The Hall–Kier alpha value is -5.77. The number of carboxylic acids is 2. The summed E-state index contributed by atoms with van der Waals surface area (Å²) in [4.78, 5) is 52.9. The zero-order valence-electron chi connectivity index (χ0n) is 24.0. The minimum atomic E-state index is -1.11. The van der Waals surface area contributed by atoms with E-state index in [-0.39, 0.29) is 27.4 Å². The molecule has 2 aliphatic rings. The van der Waals surface area contributed by atoms with E-state index in [1.807, 2.05) is 12.1 Å². The molecule has 10 nitrogen and oxygen atoms in total. The molecule has 44 heavy (non-hydrogen) atoms. The zero-order valence-corrected chi connectivity index (χ0v) is 24.0. The summed E-state index contributed by atoms with van der Waals surface area (Å²) >= 11 is 0. The summed E-state index contributed by atoms with van der Waals surface area (Å²) in [6.07, 6.45) is 6.34. The van der Waals surface area contributed by atoms with Crippen LogP contribution >= 0.6 is 0 Å². The number of carboxylic acid groups (broad SMARTS) is 2. The van der Waals surface area contributed by atoms with Gasteiger partial charge in [-0.3, -0.25) is 14.2 Å². The lowest BCUT2D eigenvalue weighted by Gasteiger charge is -2.16. The van der Waals surface area contributed by atoms with Crippen molar-refractivity contribution in [2.75, 3.05) is 23.0 Å². The molecule has 0 radical (unpaired) electrons. The number of aromatic carboxylic acids is 2. The van der Waals surface area contributed by atoms with Crippen molar-refractivity contribution >= 4 is 41.4 Å². The van der Waals surface area contributed by atoms with Crippen molar-refractivity contribution in [1.82, 2.24) is 4.57 Å². The van der Waals surface area contributed by atoms with Gasteiger partial charge in [0.25, 0.3) is 11.5 Å². The van der Waals surface area contributed by atoms with Crippen molar-refractivity contribution in [2.24, 2.45) is 5.10 Å². The number of rotatable bonds is 7. The Morgan fingerprint density at radius 3 is 2.16 bits per heavy atom. The number of allylic oxidation sites excluding steroid dienone is 1. The summed E-state index contributed by atoms with van der Waals surface area (Å²) in [6.45, 7) is 5.77. The van der Waals surface area contributed by atoms with E-state index in [9.17, 15) is 29.4 Å². The molecular formula is C34H28N4O6. The maximum atomic E-state index is 14.0. The first-order chi connectivity index (χ1) is 21.2. The maximum absolute atomic E-state index is 14.0. The lowest BCUT2D eigenvalue weighted by Crippen LogP contribution is -2.45. The van der Waals surface area contributed by atoms with Crippen LogP contribution in [0, 0.1) is 6.92 Å². The van der Waals surface area contributed by atoms with Crippen LogP contribution in [0.15, 0.2) is 82.7 Å². The fourth-order valence-electron chi connectivity index (χ4n) is 5.67. The monoisotopic (exact) mass is 588 g/mol. The van der Waals surface area contributed by atoms with Crippen LogP contribution in [-0.2, 0) is 6.42 Å². The lowest BCUT2D eigenvalue weighted by molar-refractivity contribution is 0.0686. The second-order valence-electron chi connectivity index (χ2n) is 10.5. The van der Waals surface area contributed by atoms with Crippen molar-refractivity contribution in [2.45, 2.75) is 20.3 Å². The van der Waals surface area contributed by atoms with Crippen LogP contribution in [0.2, 0.25) is 0 Å². The number of hydrogen-bond donors (Lipinski definition) is 2. The molecule has 6 rings (SSSR count). The first-order valence-corrected chi connectivity index (χ1v) is 14.1. The average molecular weight is 589 g/mol. The number of likely N-dealkylation sites (N-methyl/N-ethyl adjacent to an activating group) is 1. The van der Waals surface area contributed by atoms with Gasteiger partial charge in [-0.15, -0.1) is 5.10 Å². The first kappa shape index (κ1) is 28.4. The zero-order chi connectivity index (χ0) is 31.1. The van der Waals surface area contributed by atoms with Crippen molar-refractivity contribution in [1.29, 1.82) is 0 Å². The average Bonchev–Trinajstić information content (AvgIpc) is 3.59. The van der Waals surface area contributed by atoms with Crippen LogP contribution in [-0.4, -0.2) is 45.7 Å². The fraction of sp³-hybridized carbons (Fsp3) is 0.147. The van der Waals surface area contributed by atoms with Crippen LogP contribution in [0.25, 0.3) is 17.8 Å². The number of amides is 1. The molecule has 2 N–H and O–H groups in total. The highest BCUT2D eigenvalue weighted by Crippen LogP contribution is 2.29. The van der Waals surface area contributed by atoms with E-state index >= 15 is 0 Å². The number of fused-ring (bicyclic) bond motifs is 2. The molecule has 0 spiro atoms. The Kier molecular flexibility index (Phi) is 7.18. The smallest absolute Gasteiger partial charge is 0.335 e. The largest absolute Gasteiger partial charge is 0.478 e. The Morgan fingerprint density at radius 1 is 0.909 bits per heavy atom. The molecule has 4 aromatic rings. The van der Waals surface area contributed by atoms with Gasteiger partial charge in [-0.1, -0.05) is 18.2 Å². The molecule has 0 bridgehead atoms. The SMILES string of the molecule is CCN1CCc2cc(C=C/C=c3/c(C)c4c(n(-c5ccc(C(=O)O)cc5)c3=O)=NN(c3ccc(C(=O)O)cc3)C4=O)ccc21. The molecule has 0 saturated carbocycles. The predicted octanol–water partition coefficient (Wildman–Crippen LogP) is 3.61. The van der Waals surface area contributed by atoms with E-state index in [1.54, 1.807) is 19.1 Å². The van der Waals surface area contributed by atoms with Gasteiger partial charge in [-0.25, -0.2) is 9.59 Å². The summed E-state index contributed by atoms with van der Waals surface area (Å²) in [5.41, 5.74) is 4.61. The van der Waals surface area contributed by atoms with Crippen LogP contribution in [0.4, 0.5) is 11.4 Å². The summed E-state index contributed by atoms with van der Waals surface area (Å²) < 4.78 is 1.30. The van der Waals surface area contributed by atoms with Gasteiger partial charge in [0.1, 0.15) is 0 Å². The van der Waals surface area contributed by atoms with Crippen molar-refractivity contribution in [3.8, 4) is 5.69 Å². The van der Waals surface area contributed by atoms with E-state index in [4.69, 9.17) is 0 Å². The van der Waals surface area contributed by atoms with E-state index in [2.05, 4.69) is 29.1 Å². The third kappa shape index (κ3) is 4.86. The maximum Gasteiger partial charge on any atom is 0.335 e. The summed E-state index contributed by atoms with van der Waals surface area (Å²) in [6, 6.07) is 17.7. The number of benzene rings is 3. The van der Waals surface area contributed by atoms with Gasteiger partial charge < -0.3 is 15.1 Å². The van der Waals surface area contributed by atoms with E-state index in [0.717, 1.165) is 30.1 Å². The van der Waals surface area contributed by atoms with Gasteiger partial charge in [0.05, 0.1) is 28.1 Å². The molecule has 3 aromatic carbocycles. The molecule has 1 aromatic heterocycles. The van der Waals surface area contributed by atoms with Crippen molar-refractivity contribution in [3.63, 3.8) is 0 Å². The first-order valence-electron chi connectivity index (χ1n) is 14.1. The number of pyridine rings is 1. The summed E-state index contributed by atoms with van der Waals surface area (Å²) in [5, 5.41) is 24.5. The molecule has 0 fully saturated rings. The number of nitrogens with zero attached hydrogens (tertiary/aromatic N) is 4. The summed E-state index contributed by atoms with van der Waals surface area (Å²) in [5.74, 6) is -2.69. The number of anilines is 2. The normalized spacial score (nSPS) is 14.2. The number of carbonyl (C=O) groups excluding carboxylic acids is 1. The van der Waals surface area contributed by atoms with Gasteiger partial charge in [0, 0.05) is 24.0 Å². The Labute approximate surface area is 251 Å². The molecule has 0 saturated heterocycles. The molecule has 2 aliphatic heterocycles. The lowest BCUT2D eigenvalue weighted by atomic mass is 10.1. The fourth-order valence-corrected chi connectivity index (χ4v) is 5.67. The number of carbonyl (C=O) groups is 3. The number of hydrogen-bond acceptors (Lipinski definition) is 6. The van der Waals surface area contributed by atoms with E-state index in [0.29, 0.717) is 16.9 Å². The Morgan fingerprint density at radius 2 is 1.55 bits per heavy atom. The van der Waals surface area contributed by atoms with Crippen LogP contribution < -0.4 is 26.2 Å². The molecule has 0 unspecified atom stereocenters. The highest BCUT2D eigenvalue weighted by molar-refractivity contribution is 6.08. The van der Waals surface area contributed by atoms with Crippen LogP contribution in [0.5, 0.6) is 0 Å². The summed E-state index contributed by atoms with van der Waals surface area (Å²) in [7, 11) is 0. The molecule has 1 amide bonds. The molecule has 10 heteroatoms. The second-order valence-corrected chi connectivity index (χ2v) is 10.5. The quantitative estimate of drug-likeness (QED) is 0.337. The molecule has 0 aliphatic carbocycles. The topological polar surface area (TPSA) is 133 Å². The van der Waals surface area contributed by atoms with E-state index in [1.165, 1.54) is 64.3 Å². The minimum absolute atomic E-state index is 0.0461. The predicted molar refractivity (Wildman–Crippen MR) is 166 cm³/mol. The highest BCUT2D eigenvalue weighted by atomic mass is 16.4. The molecule has 3 heterocycles. The van der Waals surface area contributed by atoms with Gasteiger partial charge >= 0.3 is 11.9 Å². The van der Waals surface area contributed by atoms with Crippen molar-refractivity contribution in [3.05, 3.63) is 127 Å². The Bertz CT molecular complexity index is 2060. The second kappa shape index (κ2) is 11.1. The molecule has 220 valence electrons. The van der Waals surface area contributed by atoms with Crippen molar-refractivity contribution < 1.29 is 24.6 Å². The molecular weight excluding hydrogens is 560 g/mol.